The van der Waals surface area contributed by atoms with Crippen molar-refractivity contribution in [3.8, 4) is 22.8 Å². The molecule has 0 spiro atoms. The Balaban J connectivity index is 1.86. The number of nitrogens with zero attached hydrogens (tertiary/aromatic N) is 3. The lowest BCUT2D eigenvalue weighted by molar-refractivity contribution is -0.140. The average molecular weight is 423 g/mol. The summed E-state index contributed by atoms with van der Waals surface area (Å²) in [7, 11) is 3.03. The monoisotopic (exact) mass is 422 g/mol. The second-order valence-electron chi connectivity index (χ2n) is 6.63. The molecule has 0 bridgehead atoms. The summed E-state index contributed by atoms with van der Waals surface area (Å²) in [5.41, 5.74) is 2.84. The van der Waals surface area contributed by atoms with Crippen molar-refractivity contribution in [3.05, 3.63) is 54.7 Å². The molecular weight excluding hydrogens is 400 g/mol. The number of H-pyrrole nitrogens is 1. The maximum absolute atomic E-state index is 12.2. The zero-order chi connectivity index (χ0) is 21.1. The summed E-state index contributed by atoms with van der Waals surface area (Å²) in [4.78, 5) is 15.5. The number of nitrogens with one attached hydrogen (secondary N) is 1. The topological polar surface area (TPSA) is 82.0 Å². The van der Waals surface area contributed by atoms with E-state index in [2.05, 4.69) is 15.2 Å². The summed E-state index contributed by atoms with van der Waals surface area (Å²) in [6, 6.07) is 15.7. The SMILES string of the molecule is CC[C@@H](Sc1nnc(-c2c[nH]c3ccccc23)n1-c1ccc(OC)cc1)C(=O)OC. The van der Waals surface area contributed by atoms with Crippen LogP contribution in [-0.2, 0) is 9.53 Å². The molecule has 0 aliphatic heterocycles. The number of para-hydroxylation sites is 1. The van der Waals surface area contributed by atoms with Gasteiger partial charge in [-0.1, -0.05) is 36.9 Å². The zero-order valence-electron chi connectivity index (χ0n) is 17.0. The Hall–Kier alpha value is -3.26. The van der Waals surface area contributed by atoms with Gasteiger partial charge in [0.1, 0.15) is 11.0 Å². The standard InChI is InChI=1S/C22H22N4O3S/c1-4-19(21(27)29-3)30-22-25-24-20(17-13-23-18-8-6-5-7-16(17)18)26(22)14-9-11-15(28-2)12-10-14/h5-13,19,23H,4H2,1-3H3/t19-/m1/s1. The number of methoxy groups -OCH3 is 2. The predicted molar refractivity (Wildman–Crippen MR) is 117 cm³/mol. The third-order valence-corrected chi connectivity index (χ3v) is 6.16. The van der Waals surface area contributed by atoms with Crippen molar-refractivity contribution < 1.29 is 14.3 Å². The molecule has 0 saturated carbocycles. The first kappa shape index (κ1) is 20.0. The largest absolute Gasteiger partial charge is 0.497 e. The second kappa shape index (κ2) is 8.62. The van der Waals surface area contributed by atoms with E-state index in [1.807, 2.05) is 66.2 Å². The Morgan fingerprint density at radius 3 is 2.60 bits per heavy atom. The van der Waals surface area contributed by atoms with Crippen LogP contribution in [0.2, 0.25) is 0 Å². The summed E-state index contributed by atoms with van der Waals surface area (Å²) in [5.74, 6) is 1.18. The van der Waals surface area contributed by atoms with Crippen molar-refractivity contribution in [2.45, 2.75) is 23.8 Å². The zero-order valence-corrected chi connectivity index (χ0v) is 17.8. The smallest absolute Gasteiger partial charge is 0.319 e. The van der Waals surface area contributed by atoms with Crippen molar-refractivity contribution in [1.29, 1.82) is 0 Å². The first-order valence-electron chi connectivity index (χ1n) is 9.57. The van der Waals surface area contributed by atoms with Crippen molar-refractivity contribution in [3.63, 3.8) is 0 Å². The minimum absolute atomic E-state index is 0.277. The summed E-state index contributed by atoms with van der Waals surface area (Å²) in [6.07, 6.45) is 2.55. The molecule has 154 valence electrons. The van der Waals surface area contributed by atoms with Gasteiger partial charge in [-0.2, -0.15) is 0 Å². The second-order valence-corrected chi connectivity index (χ2v) is 7.80. The molecule has 1 atom stereocenters. The highest BCUT2D eigenvalue weighted by Gasteiger charge is 2.25. The Morgan fingerprint density at radius 2 is 1.90 bits per heavy atom. The lowest BCUT2D eigenvalue weighted by atomic mass is 10.1. The van der Waals surface area contributed by atoms with E-state index in [-0.39, 0.29) is 11.2 Å². The molecular formula is C22H22N4O3S. The van der Waals surface area contributed by atoms with Crippen LogP contribution in [0, 0.1) is 0 Å². The Labute approximate surface area is 178 Å². The van der Waals surface area contributed by atoms with Gasteiger partial charge in [-0.15, -0.1) is 10.2 Å². The number of rotatable bonds is 7. The van der Waals surface area contributed by atoms with Crippen LogP contribution in [0.5, 0.6) is 5.75 Å². The number of carbonyl (C=O) groups is 1. The van der Waals surface area contributed by atoms with E-state index >= 15 is 0 Å². The number of thioether (sulfide) groups is 1. The molecule has 8 heteroatoms. The fourth-order valence-electron chi connectivity index (χ4n) is 3.30. The van der Waals surface area contributed by atoms with Gasteiger partial charge in [-0.05, 0) is 36.8 Å². The third kappa shape index (κ3) is 3.66. The lowest BCUT2D eigenvalue weighted by Crippen LogP contribution is -2.18. The van der Waals surface area contributed by atoms with Gasteiger partial charge in [-0.3, -0.25) is 9.36 Å². The van der Waals surface area contributed by atoms with E-state index in [1.54, 1.807) is 7.11 Å². The van der Waals surface area contributed by atoms with Crippen LogP contribution in [0.3, 0.4) is 0 Å². The predicted octanol–water partition coefficient (Wildman–Crippen LogP) is 4.47. The van der Waals surface area contributed by atoms with E-state index in [1.165, 1.54) is 18.9 Å². The number of carbonyl (C=O) groups excluding carboxylic acids is 1. The molecule has 0 radical (unpaired) electrons. The third-order valence-electron chi connectivity index (χ3n) is 4.88. The molecule has 0 saturated heterocycles. The van der Waals surface area contributed by atoms with Crippen molar-refractivity contribution in [2.75, 3.05) is 14.2 Å². The molecule has 1 N–H and O–H groups in total. The molecule has 4 aromatic rings. The van der Waals surface area contributed by atoms with Gasteiger partial charge in [0, 0.05) is 28.4 Å². The van der Waals surface area contributed by atoms with Gasteiger partial charge in [-0.25, -0.2) is 0 Å². The number of hydrogen-bond donors (Lipinski definition) is 1. The molecule has 2 aromatic heterocycles. The lowest BCUT2D eigenvalue weighted by Gasteiger charge is -2.14. The molecule has 0 aliphatic carbocycles. The fraction of sp³-hybridized carbons (Fsp3) is 0.227. The summed E-state index contributed by atoms with van der Waals surface area (Å²) in [6.45, 7) is 1.95. The molecule has 0 aliphatic rings. The normalized spacial score (nSPS) is 12.1. The Bertz CT molecular complexity index is 1170. The van der Waals surface area contributed by atoms with Crippen LogP contribution < -0.4 is 4.74 Å². The van der Waals surface area contributed by atoms with Gasteiger partial charge < -0.3 is 14.5 Å². The van der Waals surface area contributed by atoms with Crippen LogP contribution in [-0.4, -0.2) is 45.2 Å². The van der Waals surface area contributed by atoms with Crippen molar-refractivity contribution in [1.82, 2.24) is 19.7 Å². The summed E-state index contributed by atoms with van der Waals surface area (Å²) < 4.78 is 12.2. The molecule has 7 nitrogen and oxygen atoms in total. The van der Waals surface area contributed by atoms with E-state index in [0.717, 1.165) is 27.9 Å². The molecule has 2 aromatic carbocycles. The molecule has 4 rings (SSSR count). The van der Waals surface area contributed by atoms with Crippen molar-refractivity contribution in [2.24, 2.45) is 0 Å². The van der Waals surface area contributed by atoms with Crippen molar-refractivity contribution >= 4 is 28.6 Å². The number of aromatic amines is 1. The number of benzene rings is 2. The molecule has 0 unspecified atom stereocenters. The number of hydrogen-bond acceptors (Lipinski definition) is 6. The maximum atomic E-state index is 12.2. The molecule has 30 heavy (non-hydrogen) atoms. The molecule has 0 amide bonds. The minimum atomic E-state index is -0.369. The maximum Gasteiger partial charge on any atom is 0.319 e. The summed E-state index contributed by atoms with van der Waals surface area (Å²) in [5, 5.41) is 10.2. The minimum Gasteiger partial charge on any atom is -0.497 e. The highest BCUT2D eigenvalue weighted by molar-refractivity contribution is 8.00. The number of esters is 1. The highest BCUT2D eigenvalue weighted by atomic mass is 32.2. The first-order valence-corrected chi connectivity index (χ1v) is 10.4. The summed E-state index contributed by atoms with van der Waals surface area (Å²) >= 11 is 1.35. The van der Waals surface area contributed by atoms with Crippen LogP contribution in [0.15, 0.2) is 59.9 Å². The van der Waals surface area contributed by atoms with E-state index < -0.39 is 0 Å². The number of aromatic nitrogens is 4. The van der Waals surface area contributed by atoms with Gasteiger partial charge in [0.05, 0.1) is 14.2 Å². The van der Waals surface area contributed by atoms with Gasteiger partial charge >= 0.3 is 5.97 Å². The number of fused-ring (bicyclic) bond motifs is 1. The average Bonchev–Trinajstić information content (AvgIpc) is 3.40. The quantitative estimate of drug-likeness (QED) is 0.350. The van der Waals surface area contributed by atoms with E-state index in [0.29, 0.717) is 17.4 Å². The van der Waals surface area contributed by atoms with E-state index in [4.69, 9.17) is 9.47 Å². The molecule has 2 heterocycles. The fourth-order valence-corrected chi connectivity index (χ4v) is 4.30. The Morgan fingerprint density at radius 1 is 1.13 bits per heavy atom. The molecule has 0 fully saturated rings. The van der Waals surface area contributed by atoms with Gasteiger partial charge in [0.15, 0.2) is 11.0 Å². The Kier molecular flexibility index (Phi) is 5.76. The van der Waals surface area contributed by atoms with Gasteiger partial charge in [0.25, 0.3) is 0 Å². The number of ether oxygens (including phenoxy) is 2. The van der Waals surface area contributed by atoms with Gasteiger partial charge in [0.2, 0.25) is 0 Å². The van der Waals surface area contributed by atoms with Crippen LogP contribution in [0.25, 0.3) is 28.0 Å². The van der Waals surface area contributed by atoms with Crippen LogP contribution >= 0.6 is 11.8 Å². The highest BCUT2D eigenvalue weighted by Crippen LogP contribution is 2.34. The van der Waals surface area contributed by atoms with Crippen LogP contribution in [0.4, 0.5) is 0 Å². The van der Waals surface area contributed by atoms with Crippen LogP contribution in [0.1, 0.15) is 13.3 Å². The van der Waals surface area contributed by atoms with E-state index in [9.17, 15) is 4.79 Å². The first-order chi connectivity index (χ1) is 14.7.